The molecule has 1 aromatic carbocycles. The Bertz CT molecular complexity index is 1270. The minimum Gasteiger partial charge on any atom is -0.458 e. The van der Waals surface area contributed by atoms with Crippen LogP contribution in [0.4, 0.5) is 0 Å². The highest BCUT2D eigenvalue weighted by molar-refractivity contribution is 5.92. The quantitative estimate of drug-likeness (QED) is 0.431. The highest BCUT2D eigenvalue weighted by Gasteiger charge is 3.00. The maximum absolute atomic E-state index is 12.4. The van der Waals surface area contributed by atoms with Crippen molar-refractivity contribution >= 4 is 11.8 Å². The van der Waals surface area contributed by atoms with E-state index in [0.29, 0.717) is 19.6 Å². The number of carbonyl (C=O) groups is 2. The van der Waals surface area contributed by atoms with Gasteiger partial charge in [0.05, 0.1) is 12.7 Å². The fourth-order valence-electron chi connectivity index (χ4n) is 9.14. The maximum atomic E-state index is 12.4. The van der Waals surface area contributed by atoms with Crippen LogP contribution in [0.15, 0.2) is 35.4 Å². The van der Waals surface area contributed by atoms with Crippen LogP contribution in [-0.2, 0) is 46.3 Å². The van der Waals surface area contributed by atoms with Gasteiger partial charge in [-0.3, -0.25) is 4.79 Å². The summed E-state index contributed by atoms with van der Waals surface area (Å²) in [4.78, 5) is 23.9. The molecule has 4 heterocycles. The van der Waals surface area contributed by atoms with Crippen molar-refractivity contribution in [2.24, 2.45) is 17.3 Å². The van der Waals surface area contributed by atoms with Gasteiger partial charge in [-0.2, -0.15) is 0 Å². The number of ether oxygens (including phenoxy) is 5. The van der Waals surface area contributed by atoms with Crippen molar-refractivity contribution in [2.45, 2.75) is 101 Å². The van der Waals surface area contributed by atoms with Gasteiger partial charge in [0.25, 0.3) is 0 Å². The second kappa shape index (κ2) is 6.92. The first-order chi connectivity index (χ1) is 17.7. The molecule has 2 saturated carbocycles. The zero-order valence-electron chi connectivity index (χ0n) is 21.9. The minimum atomic E-state index is -0.531. The van der Waals surface area contributed by atoms with Crippen molar-refractivity contribution in [3.8, 4) is 0 Å². The second-order valence-electron chi connectivity index (χ2n) is 12.9. The first kappa shape index (κ1) is 22.9. The van der Waals surface area contributed by atoms with Gasteiger partial charge in [0.1, 0.15) is 41.9 Å². The average molecular weight is 507 g/mol. The van der Waals surface area contributed by atoms with E-state index in [9.17, 15) is 9.59 Å². The van der Waals surface area contributed by atoms with Crippen molar-refractivity contribution in [3.63, 3.8) is 0 Å². The van der Waals surface area contributed by atoms with E-state index in [1.165, 1.54) is 5.57 Å². The Morgan fingerprint density at radius 2 is 1.86 bits per heavy atom. The molecule has 8 rings (SSSR count). The average Bonchev–Trinajstić information content (AvgIpc) is 3.76. The molecule has 0 bridgehead atoms. The predicted molar refractivity (Wildman–Crippen MR) is 130 cm³/mol. The Kier molecular flexibility index (Phi) is 4.28. The number of benzene rings is 1. The molecular formula is C30H34O7. The van der Waals surface area contributed by atoms with Gasteiger partial charge >= 0.3 is 5.97 Å². The summed E-state index contributed by atoms with van der Waals surface area (Å²) < 4.78 is 32.5. The van der Waals surface area contributed by atoms with Crippen LogP contribution in [0.5, 0.6) is 0 Å². The van der Waals surface area contributed by atoms with Crippen LogP contribution >= 0.6 is 0 Å². The molecule has 37 heavy (non-hydrogen) atoms. The lowest BCUT2D eigenvalue weighted by atomic mass is 9.46. The number of ketones is 1. The summed E-state index contributed by atoms with van der Waals surface area (Å²) in [5.74, 6) is 0.493. The number of hydrogen-bond donors (Lipinski definition) is 0. The number of hydrogen-bond acceptors (Lipinski definition) is 7. The summed E-state index contributed by atoms with van der Waals surface area (Å²) in [5.41, 5.74) is 2.57. The van der Waals surface area contributed by atoms with E-state index in [-0.39, 0.29) is 53.4 Å². The molecule has 7 aliphatic rings. The van der Waals surface area contributed by atoms with Crippen LogP contribution in [-0.4, -0.2) is 59.6 Å². The molecule has 1 unspecified atom stereocenters. The molecule has 1 aromatic rings. The topological polar surface area (TPSA) is 90.2 Å². The summed E-state index contributed by atoms with van der Waals surface area (Å²) >= 11 is 0. The highest BCUT2D eigenvalue weighted by Crippen LogP contribution is 2.83. The van der Waals surface area contributed by atoms with Gasteiger partial charge in [-0.25, -0.2) is 4.79 Å². The Hall–Kier alpha value is -2.06. The molecule has 3 saturated heterocycles. The maximum Gasteiger partial charge on any atom is 0.334 e. The van der Waals surface area contributed by atoms with Crippen molar-refractivity contribution in [1.29, 1.82) is 0 Å². The molecule has 2 spiro atoms. The second-order valence-corrected chi connectivity index (χ2v) is 12.9. The van der Waals surface area contributed by atoms with E-state index in [2.05, 4.69) is 20.8 Å². The number of fused-ring (bicyclic) bond motifs is 4. The highest BCUT2D eigenvalue weighted by atomic mass is 16.8. The number of Topliss-reactive ketones (excluding diaryl/α,β-unsaturated/α-hetero) is 1. The lowest BCUT2D eigenvalue weighted by Crippen LogP contribution is -2.69. The molecule has 7 heteroatoms. The molecule has 5 fully saturated rings. The van der Waals surface area contributed by atoms with Crippen LogP contribution in [0.2, 0.25) is 0 Å². The summed E-state index contributed by atoms with van der Waals surface area (Å²) in [6.07, 6.45) is 2.70. The first-order valence-corrected chi connectivity index (χ1v) is 13.8. The van der Waals surface area contributed by atoms with Gasteiger partial charge in [0, 0.05) is 17.4 Å². The molecule has 4 aliphatic heterocycles. The molecule has 9 atom stereocenters. The van der Waals surface area contributed by atoms with E-state index in [1.54, 1.807) is 6.92 Å². The number of rotatable bonds is 6. The number of carbonyl (C=O) groups excluding carboxylic acids is 2. The molecule has 0 radical (unpaired) electrons. The van der Waals surface area contributed by atoms with E-state index >= 15 is 0 Å². The van der Waals surface area contributed by atoms with E-state index in [1.807, 2.05) is 24.3 Å². The van der Waals surface area contributed by atoms with Gasteiger partial charge in [0.15, 0.2) is 5.60 Å². The van der Waals surface area contributed by atoms with Crippen molar-refractivity contribution in [1.82, 2.24) is 0 Å². The van der Waals surface area contributed by atoms with E-state index in [0.717, 1.165) is 36.0 Å². The summed E-state index contributed by atoms with van der Waals surface area (Å²) in [7, 11) is 0. The normalized spacial score (nSPS) is 47.7. The Labute approximate surface area is 216 Å². The fraction of sp³-hybridized carbons (Fsp3) is 0.667. The minimum absolute atomic E-state index is 0.00131. The van der Waals surface area contributed by atoms with Crippen LogP contribution in [0.3, 0.4) is 0 Å². The third-order valence-corrected chi connectivity index (χ3v) is 11.0. The third kappa shape index (κ3) is 2.53. The van der Waals surface area contributed by atoms with Crippen LogP contribution in [0, 0.1) is 17.3 Å². The lowest BCUT2D eigenvalue weighted by molar-refractivity contribution is -0.136. The third-order valence-electron chi connectivity index (χ3n) is 11.0. The van der Waals surface area contributed by atoms with Gasteiger partial charge in [-0.1, -0.05) is 45.0 Å². The van der Waals surface area contributed by atoms with Gasteiger partial charge < -0.3 is 23.7 Å². The number of cyclic esters (lactones) is 1. The molecule has 0 N–H and O–H groups in total. The van der Waals surface area contributed by atoms with E-state index < -0.39 is 16.8 Å². The molecule has 3 aliphatic carbocycles. The molecule has 196 valence electrons. The Morgan fingerprint density at radius 1 is 1.11 bits per heavy atom. The molecule has 0 aromatic heterocycles. The molecular weight excluding hydrogens is 472 g/mol. The summed E-state index contributed by atoms with van der Waals surface area (Å²) in [6, 6.07) is 8.12. The fourth-order valence-corrected chi connectivity index (χ4v) is 9.14. The van der Waals surface area contributed by atoms with Gasteiger partial charge in [-0.05, 0) is 54.7 Å². The van der Waals surface area contributed by atoms with Crippen LogP contribution in [0.25, 0.3) is 0 Å². The summed E-state index contributed by atoms with van der Waals surface area (Å²) in [5, 5.41) is 0. The lowest BCUT2D eigenvalue weighted by Gasteiger charge is -2.54. The smallest absolute Gasteiger partial charge is 0.334 e. The molecule has 0 amide bonds. The standard InChI is InChI=1S/C30H34O7/c1-15(2)28-23(36-28)24-30(37-24)27(4)10-9-19-20(14-33-25(19)32)21(27)12-22-29(30,35-22)26(28)34-13-18-7-5-17(6-8-18)11-16(3)31/h5-8,15,21-24,26H,9-14H2,1-4H3/t21?,22-,23-,24-,26+,27-,28-,29+,30+/m0/s1. The van der Waals surface area contributed by atoms with Crippen molar-refractivity contribution in [2.75, 3.05) is 6.61 Å². The zero-order valence-corrected chi connectivity index (χ0v) is 21.9. The van der Waals surface area contributed by atoms with Crippen LogP contribution < -0.4 is 0 Å². The first-order valence-electron chi connectivity index (χ1n) is 13.8. The van der Waals surface area contributed by atoms with Gasteiger partial charge in [-0.15, -0.1) is 0 Å². The Balaban J connectivity index is 1.14. The zero-order chi connectivity index (χ0) is 25.5. The molecule has 7 nitrogen and oxygen atoms in total. The largest absolute Gasteiger partial charge is 0.458 e. The van der Waals surface area contributed by atoms with Crippen molar-refractivity contribution < 1.29 is 33.3 Å². The number of epoxide rings is 3. The van der Waals surface area contributed by atoms with E-state index in [4.69, 9.17) is 23.7 Å². The van der Waals surface area contributed by atoms with Crippen molar-refractivity contribution in [3.05, 3.63) is 46.5 Å². The van der Waals surface area contributed by atoms with Crippen LogP contribution in [0.1, 0.15) is 58.1 Å². The SMILES string of the molecule is CC(=O)Cc1ccc(CO[C@@H]2[C@@]3(C(C)C)O[C@H]3[C@@H]3O[C@]34[C@]23O[C@H]3CC2C3=C(CC[C@@]24C)C(=O)OC3)cc1. The van der Waals surface area contributed by atoms with Gasteiger partial charge in [0.2, 0.25) is 0 Å². The monoisotopic (exact) mass is 506 g/mol. The predicted octanol–water partition coefficient (Wildman–Crippen LogP) is 3.46. The number of esters is 1. The summed E-state index contributed by atoms with van der Waals surface area (Å²) in [6.45, 7) is 9.24. The Morgan fingerprint density at radius 3 is 2.59 bits per heavy atom.